The average molecular weight is 451 g/mol. The van der Waals surface area contributed by atoms with Gasteiger partial charge in [-0.15, -0.1) is 6.58 Å². The van der Waals surface area contributed by atoms with Crippen LogP contribution < -0.4 is 0 Å². The van der Waals surface area contributed by atoms with Crippen LogP contribution in [0, 0.1) is 0 Å². The van der Waals surface area contributed by atoms with E-state index in [-0.39, 0.29) is 5.91 Å². The highest BCUT2D eigenvalue weighted by Crippen LogP contribution is 2.26. The number of amides is 1. The summed E-state index contributed by atoms with van der Waals surface area (Å²) < 4.78 is 7.08. The van der Waals surface area contributed by atoms with Gasteiger partial charge in [0, 0.05) is 36.3 Å². The predicted molar refractivity (Wildman–Crippen MR) is 120 cm³/mol. The number of rotatable bonds is 11. The molecule has 156 valence electrons. The van der Waals surface area contributed by atoms with Gasteiger partial charge in [-0.2, -0.15) is 0 Å². The molecule has 0 atom stereocenters. The van der Waals surface area contributed by atoms with Gasteiger partial charge in [0.2, 0.25) is 0 Å². The third-order valence-corrected chi connectivity index (χ3v) is 6.11. The average Bonchev–Trinajstić information content (AvgIpc) is 2.71. The molecule has 0 aliphatic heterocycles. The molecule has 1 aliphatic rings. The second-order valence-corrected chi connectivity index (χ2v) is 8.75. The van der Waals surface area contributed by atoms with Crippen molar-refractivity contribution in [2.75, 3.05) is 33.8 Å². The predicted octanol–water partition coefficient (Wildman–Crippen LogP) is 5.14. The van der Waals surface area contributed by atoms with Crippen LogP contribution >= 0.6 is 15.9 Å². The summed E-state index contributed by atoms with van der Waals surface area (Å²) in [5.41, 5.74) is 0.753. The number of carbonyl (C=O) groups excluding carboxylic acids is 1. The van der Waals surface area contributed by atoms with Crippen LogP contribution in [-0.4, -0.2) is 61.6 Å². The van der Waals surface area contributed by atoms with Crippen LogP contribution in [0.15, 0.2) is 41.4 Å². The van der Waals surface area contributed by atoms with Gasteiger partial charge in [-0.3, -0.25) is 4.79 Å². The molecular formula is C23H35BrN2O2. The van der Waals surface area contributed by atoms with E-state index in [1.807, 2.05) is 42.3 Å². The zero-order chi connectivity index (χ0) is 20.4. The van der Waals surface area contributed by atoms with E-state index in [0.29, 0.717) is 12.1 Å². The Kier molecular flexibility index (Phi) is 10.2. The highest BCUT2D eigenvalue weighted by molar-refractivity contribution is 9.10. The van der Waals surface area contributed by atoms with Gasteiger partial charge >= 0.3 is 0 Å². The first kappa shape index (κ1) is 23.1. The summed E-state index contributed by atoms with van der Waals surface area (Å²) in [4.78, 5) is 16.9. The number of benzene rings is 1. The van der Waals surface area contributed by atoms with Gasteiger partial charge < -0.3 is 14.5 Å². The minimum atomic E-state index is 0.110. The summed E-state index contributed by atoms with van der Waals surface area (Å²) in [6.07, 6.45) is 9.99. The highest BCUT2D eigenvalue weighted by Gasteiger charge is 2.27. The molecule has 4 nitrogen and oxygen atoms in total. The summed E-state index contributed by atoms with van der Waals surface area (Å²) in [5.74, 6) is 0.110. The molecule has 1 amide bonds. The molecule has 0 heterocycles. The Labute approximate surface area is 179 Å². The van der Waals surface area contributed by atoms with E-state index in [0.717, 1.165) is 61.8 Å². The summed E-state index contributed by atoms with van der Waals surface area (Å²) in [7, 11) is 4.06. The van der Waals surface area contributed by atoms with Crippen LogP contribution in [-0.2, 0) is 4.74 Å². The normalized spacial score (nSPS) is 19.6. The lowest BCUT2D eigenvalue weighted by molar-refractivity contribution is 0.00902. The van der Waals surface area contributed by atoms with Crippen molar-refractivity contribution in [1.82, 2.24) is 9.80 Å². The minimum absolute atomic E-state index is 0.110. The van der Waals surface area contributed by atoms with Crippen LogP contribution in [0.5, 0.6) is 0 Å². The van der Waals surface area contributed by atoms with Crippen LogP contribution in [0.4, 0.5) is 0 Å². The van der Waals surface area contributed by atoms with E-state index in [9.17, 15) is 4.79 Å². The zero-order valence-electron chi connectivity index (χ0n) is 17.4. The van der Waals surface area contributed by atoms with E-state index in [1.54, 1.807) is 0 Å². The molecule has 0 aromatic heterocycles. The number of carbonyl (C=O) groups is 1. The molecule has 0 N–H and O–H groups in total. The minimum Gasteiger partial charge on any atom is -0.378 e. The first-order chi connectivity index (χ1) is 13.5. The fraction of sp³-hybridized carbons (Fsp3) is 0.609. The quantitative estimate of drug-likeness (QED) is 0.345. The van der Waals surface area contributed by atoms with Gasteiger partial charge in [0.15, 0.2) is 0 Å². The number of halogens is 1. The number of ether oxygens (including phenoxy) is 1. The number of hydrogen-bond acceptors (Lipinski definition) is 3. The van der Waals surface area contributed by atoms with Gasteiger partial charge in [-0.1, -0.05) is 22.0 Å². The van der Waals surface area contributed by atoms with E-state index in [2.05, 4.69) is 34.5 Å². The third-order valence-electron chi connectivity index (χ3n) is 5.58. The third kappa shape index (κ3) is 7.69. The van der Waals surface area contributed by atoms with Gasteiger partial charge in [-0.05, 0) is 82.8 Å². The molecule has 1 aromatic carbocycles. The first-order valence-corrected chi connectivity index (χ1v) is 11.2. The summed E-state index contributed by atoms with van der Waals surface area (Å²) in [5, 5.41) is 0. The van der Waals surface area contributed by atoms with Crippen LogP contribution in [0.3, 0.4) is 0 Å². The molecule has 5 heteroatoms. The fourth-order valence-corrected chi connectivity index (χ4v) is 4.05. The maximum Gasteiger partial charge on any atom is 0.253 e. The zero-order valence-corrected chi connectivity index (χ0v) is 19.0. The van der Waals surface area contributed by atoms with E-state index >= 15 is 0 Å². The van der Waals surface area contributed by atoms with Crippen molar-refractivity contribution < 1.29 is 9.53 Å². The molecule has 1 aromatic rings. The Hall–Kier alpha value is -1.17. The van der Waals surface area contributed by atoms with Crippen molar-refractivity contribution in [3.05, 3.63) is 47.0 Å². The van der Waals surface area contributed by atoms with E-state index in [4.69, 9.17) is 4.74 Å². The van der Waals surface area contributed by atoms with Crippen molar-refractivity contribution in [3.8, 4) is 0 Å². The summed E-state index contributed by atoms with van der Waals surface area (Å²) in [6.45, 7) is 6.70. The maximum absolute atomic E-state index is 12.7. The summed E-state index contributed by atoms with van der Waals surface area (Å²) in [6, 6.07) is 7.92. The number of likely N-dealkylation sites (N-methyl/N-ethyl adjacent to an activating group) is 1. The standard InChI is InChI=1S/C23H35BrN2O2/c1-4-16-25(2)17-6-5-7-18-28-22-14-12-21(13-15-22)26(3)23(27)19-8-10-20(24)11-9-19/h4,8-11,21-22H,1,5-7,12-18H2,2-3H3. The lowest BCUT2D eigenvalue weighted by atomic mass is 9.91. The van der Waals surface area contributed by atoms with Gasteiger partial charge in [-0.25, -0.2) is 0 Å². The molecule has 0 radical (unpaired) electrons. The lowest BCUT2D eigenvalue weighted by Crippen LogP contribution is -2.40. The Morgan fingerprint density at radius 2 is 1.82 bits per heavy atom. The maximum atomic E-state index is 12.7. The topological polar surface area (TPSA) is 32.8 Å². The fourth-order valence-electron chi connectivity index (χ4n) is 3.78. The Morgan fingerprint density at radius 1 is 1.14 bits per heavy atom. The largest absolute Gasteiger partial charge is 0.378 e. The van der Waals surface area contributed by atoms with Gasteiger partial charge in [0.25, 0.3) is 5.91 Å². The Morgan fingerprint density at radius 3 is 2.46 bits per heavy atom. The first-order valence-electron chi connectivity index (χ1n) is 10.4. The number of unbranched alkanes of at least 4 members (excludes halogenated alkanes) is 2. The van der Waals surface area contributed by atoms with Gasteiger partial charge in [0.1, 0.15) is 0 Å². The van der Waals surface area contributed by atoms with Crippen molar-refractivity contribution in [2.24, 2.45) is 0 Å². The van der Waals surface area contributed by atoms with E-state index < -0.39 is 0 Å². The molecule has 0 unspecified atom stereocenters. The molecule has 28 heavy (non-hydrogen) atoms. The molecule has 1 aliphatic carbocycles. The number of hydrogen-bond donors (Lipinski definition) is 0. The Balaban J connectivity index is 1.61. The van der Waals surface area contributed by atoms with Crippen LogP contribution in [0.1, 0.15) is 55.3 Å². The molecule has 0 spiro atoms. The summed E-state index contributed by atoms with van der Waals surface area (Å²) >= 11 is 3.42. The molecule has 1 fully saturated rings. The van der Waals surface area contributed by atoms with Gasteiger partial charge in [0.05, 0.1) is 6.10 Å². The second kappa shape index (κ2) is 12.4. The van der Waals surface area contributed by atoms with Crippen molar-refractivity contribution in [1.29, 1.82) is 0 Å². The van der Waals surface area contributed by atoms with Crippen LogP contribution in [0.2, 0.25) is 0 Å². The molecule has 1 saturated carbocycles. The SMILES string of the molecule is C=CCN(C)CCCCCOC1CCC(N(C)C(=O)c2ccc(Br)cc2)CC1. The van der Waals surface area contributed by atoms with E-state index in [1.165, 1.54) is 12.8 Å². The second-order valence-electron chi connectivity index (χ2n) is 7.84. The highest BCUT2D eigenvalue weighted by atomic mass is 79.9. The monoisotopic (exact) mass is 450 g/mol. The molecule has 0 bridgehead atoms. The number of nitrogens with zero attached hydrogens (tertiary/aromatic N) is 2. The smallest absolute Gasteiger partial charge is 0.253 e. The lowest BCUT2D eigenvalue weighted by Gasteiger charge is -2.34. The Bertz CT molecular complexity index is 597. The van der Waals surface area contributed by atoms with Crippen molar-refractivity contribution >= 4 is 21.8 Å². The molecule has 2 rings (SSSR count). The molecular weight excluding hydrogens is 416 g/mol. The van der Waals surface area contributed by atoms with Crippen LogP contribution in [0.25, 0.3) is 0 Å². The van der Waals surface area contributed by atoms with Crippen molar-refractivity contribution in [2.45, 2.75) is 57.1 Å². The molecule has 0 saturated heterocycles. The van der Waals surface area contributed by atoms with Crippen molar-refractivity contribution in [3.63, 3.8) is 0 Å².